The number of aromatic nitrogens is 1. The molecule has 2 atom stereocenters. The number of anilines is 1. The number of quaternary nitrogens is 1. The van der Waals surface area contributed by atoms with Crippen molar-refractivity contribution >= 4 is 39.1 Å². The van der Waals surface area contributed by atoms with Gasteiger partial charge in [-0.3, -0.25) is 9.59 Å². The molecule has 152 valence electrons. The van der Waals surface area contributed by atoms with Crippen LogP contribution in [0.1, 0.15) is 30.5 Å². The molecular formula is C22H27N4O2S+. The second kappa shape index (κ2) is 9.62. The monoisotopic (exact) mass is 411 g/mol. The van der Waals surface area contributed by atoms with E-state index in [-0.39, 0.29) is 30.9 Å². The topological polar surface area (TPSA) is 75.5 Å². The van der Waals surface area contributed by atoms with Gasteiger partial charge in [-0.2, -0.15) is 0 Å². The first kappa shape index (κ1) is 21.0. The molecule has 0 aliphatic carbocycles. The van der Waals surface area contributed by atoms with Gasteiger partial charge in [0.1, 0.15) is 6.04 Å². The number of thiazole rings is 1. The molecule has 7 heteroatoms. The van der Waals surface area contributed by atoms with Gasteiger partial charge < -0.3 is 15.5 Å². The largest absolute Gasteiger partial charge is 0.342 e. The summed E-state index contributed by atoms with van der Waals surface area (Å²) in [6.07, 6.45) is 0.834. The standard InChI is InChI=1S/C22H26N4O2S/c1-4-16-9-5-6-10-17(16)24-20(27)13-23-21(28)14-26(3)15(2)22-25-18-11-7-8-12-19(18)29-22/h5-12,15H,4,13-14H2,1-3H3,(H,23,28)(H,24,27)/p+1/t15-/m0/s1. The molecule has 0 fully saturated rings. The lowest BCUT2D eigenvalue weighted by Crippen LogP contribution is -3.10. The highest BCUT2D eigenvalue weighted by atomic mass is 32.1. The number of rotatable bonds is 8. The van der Waals surface area contributed by atoms with Gasteiger partial charge in [-0.1, -0.05) is 37.3 Å². The van der Waals surface area contributed by atoms with Crippen LogP contribution in [0.4, 0.5) is 5.69 Å². The van der Waals surface area contributed by atoms with Crippen LogP contribution in [0.3, 0.4) is 0 Å². The van der Waals surface area contributed by atoms with Crippen molar-refractivity contribution in [1.29, 1.82) is 0 Å². The molecule has 0 aliphatic heterocycles. The highest BCUT2D eigenvalue weighted by molar-refractivity contribution is 7.18. The van der Waals surface area contributed by atoms with Crippen LogP contribution in [0.15, 0.2) is 48.5 Å². The molecule has 2 aromatic carbocycles. The number of amides is 2. The average Bonchev–Trinajstić information content (AvgIpc) is 3.16. The zero-order valence-electron chi connectivity index (χ0n) is 17.0. The third-order valence-electron chi connectivity index (χ3n) is 4.98. The van der Waals surface area contributed by atoms with E-state index in [1.807, 2.05) is 56.4 Å². The van der Waals surface area contributed by atoms with Crippen molar-refractivity contribution in [3.8, 4) is 0 Å². The molecule has 1 unspecified atom stereocenters. The Morgan fingerprint density at radius 2 is 1.83 bits per heavy atom. The number of nitrogens with zero attached hydrogens (tertiary/aromatic N) is 1. The van der Waals surface area contributed by atoms with Gasteiger partial charge in [-0.15, -0.1) is 11.3 Å². The van der Waals surface area contributed by atoms with E-state index in [1.54, 1.807) is 11.3 Å². The molecule has 0 saturated carbocycles. The summed E-state index contributed by atoms with van der Waals surface area (Å²) in [6.45, 7) is 4.34. The van der Waals surface area contributed by atoms with Gasteiger partial charge in [0.05, 0.1) is 23.8 Å². The van der Waals surface area contributed by atoms with Gasteiger partial charge >= 0.3 is 0 Å². The lowest BCUT2D eigenvalue weighted by Gasteiger charge is -2.19. The van der Waals surface area contributed by atoms with E-state index < -0.39 is 0 Å². The molecule has 0 saturated heterocycles. The average molecular weight is 412 g/mol. The van der Waals surface area contributed by atoms with Crippen LogP contribution in [-0.4, -0.2) is 36.9 Å². The number of likely N-dealkylation sites (N-methyl/N-ethyl adjacent to an activating group) is 1. The molecule has 0 spiro atoms. The number of hydrogen-bond donors (Lipinski definition) is 3. The lowest BCUT2D eigenvalue weighted by atomic mass is 10.1. The second-order valence-electron chi connectivity index (χ2n) is 7.10. The first-order chi connectivity index (χ1) is 14.0. The number of para-hydroxylation sites is 2. The first-order valence-corrected chi connectivity index (χ1v) is 10.6. The Labute approximate surface area is 174 Å². The Bertz CT molecular complexity index is 968. The molecule has 3 rings (SSSR count). The van der Waals surface area contributed by atoms with Crippen LogP contribution in [0, 0.1) is 0 Å². The Morgan fingerprint density at radius 3 is 2.59 bits per heavy atom. The normalized spacial score (nSPS) is 13.1. The van der Waals surface area contributed by atoms with E-state index in [4.69, 9.17) is 0 Å². The van der Waals surface area contributed by atoms with E-state index in [1.165, 1.54) is 0 Å². The van der Waals surface area contributed by atoms with Crippen molar-refractivity contribution in [2.24, 2.45) is 0 Å². The third kappa shape index (κ3) is 5.40. The summed E-state index contributed by atoms with van der Waals surface area (Å²) in [5.74, 6) is -0.384. The van der Waals surface area contributed by atoms with Gasteiger partial charge in [0.15, 0.2) is 11.6 Å². The number of fused-ring (bicyclic) bond motifs is 1. The molecule has 3 N–H and O–H groups in total. The Balaban J connectivity index is 1.50. The van der Waals surface area contributed by atoms with Crippen molar-refractivity contribution in [1.82, 2.24) is 10.3 Å². The Hall–Kier alpha value is -2.77. The molecule has 3 aromatic rings. The van der Waals surface area contributed by atoms with Crippen LogP contribution in [-0.2, 0) is 16.0 Å². The quantitative estimate of drug-likeness (QED) is 0.532. The molecule has 6 nitrogen and oxygen atoms in total. The molecule has 0 radical (unpaired) electrons. The molecule has 1 heterocycles. The van der Waals surface area contributed by atoms with Gasteiger partial charge in [0.2, 0.25) is 5.91 Å². The van der Waals surface area contributed by atoms with Crippen molar-refractivity contribution in [2.75, 3.05) is 25.5 Å². The van der Waals surface area contributed by atoms with Crippen molar-refractivity contribution < 1.29 is 14.5 Å². The van der Waals surface area contributed by atoms with Gasteiger partial charge in [-0.25, -0.2) is 4.98 Å². The number of benzene rings is 2. The van der Waals surface area contributed by atoms with Crippen LogP contribution >= 0.6 is 11.3 Å². The van der Waals surface area contributed by atoms with E-state index >= 15 is 0 Å². The van der Waals surface area contributed by atoms with Crippen LogP contribution in [0.25, 0.3) is 10.2 Å². The summed E-state index contributed by atoms with van der Waals surface area (Å²) in [5.41, 5.74) is 2.85. The van der Waals surface area contributed by atoms with Gasteiger partial charge in [-0.05, 0) is 37.1 Å². The minimum absolute atomic E-state index is 0.0420. The SMILES string of the molecule is CCc1ccccc1NC(=O)CNC(=O)C[NH+](C)[C@@H](C)c1nc2ccccc2s1. The lowest BCUT2D eigenvalue weighted by molar-refractivity contribution is -0.902. The van der Waals surface area contributed by atoms with Crippen molar-refractivity contribution in [3.63, 3.8) is 0 Å². The third-order valence-corrected chi connectivity index (χ3v) is 6.20. The Kier molecular flexibility index (Phi) is 6.95. The van der Waals surface area contributed by atoms with E-state index in [0.717, 1.165) is 37.8 Å². The maximum Gasteiger partial charge on any atom is 0.275 e. The zero-order valence-corrected chi connectivity index (χ0v) is 17.8. The molecule has 29 heavy (non-hydrogen) atoms. The fourth-order valence-electron chi connectivity index (χ4n) is 3.08. The molecule has 0 aliphatic rings. The van der Waals surface area contributed by atoms with Crippen molar-refractivity contribution in [2.45, 2.75) is 26.3 Å². The maximum absolute atomic E-state index is 12.3. The molecular weight excluding hydrogens is 384 g/mol. The smallest absolute Gasteiger partial charge is 0.275 e. The number of aryl methyl sites for hydroxylation is 1. The van der Waals surface area contributed by atoms with E-state index in [0.29, 0.717) is 0 Å². The van der Waals surface area contributed by atoms with Crippen LogP contribution in [0.2, 0.25) is 0 Å². The highest BCUT2D eigenvalue weighted by Crippen LogP contribution is 2.24. The summed E-state index contributed by atoms with van der Waals surface area (Å²) in [7, 11) is 1.97. The number of carbonyl (C=O) groups excluding carboxylic acids is 2. The van der Waals surface area contributed by atoms with Crippen LogP contribution < -0.4 is 15.5 Å². The fourth-order valence-corrected chi connectivity index (χ4v) is 4.19. The molecule has 2 amide bonds. The molecule has 0 bridgehead atoms. The second-order valence-corrected chi connectivity index (χ2v) is 8.16. The predicted molar refractivity (Wildman–Crippen MR) is 117 cm³/mol. The highest BCUT2D eigenvalue weighted by Gasteiger charge is 2.22. The van der Waals surface area contributed by atoms with Gasteiger partial charge in [0.25, 0.3) is 5.91 Å². The van der Waals surface area contributed by atoms with E-state index in [9.17, 15) is 9.59 Å². The van der Waals surface area contributed by atoms with Crippen LogP contribution in [0.5, 0.6) is 0 Å². The molecule has 1 aromatic heterocycles. The summed E-state index contributed by atoms with van der Waals surface area (Å²) >= 11 is 1.66. The summed E-state index contributed by atoms with van der Waals surface area (Å²) in [5, 5.41) is 6.59. The summed E-state index contributed by atoms with van der Waals surface area (Å²) < 4.78 is 1.15. The number of carbonyl (C=O) groups is 2. The maximum atomic E-state index is 12.3. The summed E-state index contributed by atoms with van der Waals surface area (Å²) in [6, 6.07) is 15.8. The fraction of sp³-hybridized carbons (Fsp3) is 0.318. The van der Waals surface area contributed by atoms with Crippen molar-refractivity contribution in [3.05, 3.63) is 59.1 Å². The Morgan fingerprint density at radius 1 is 1.10 bits per heavy atom. The summed E-state index contributed by atoms with van der Waals surface area (Å²) in [4.78, 5) is 30.2. The number of hydrogen-bond acceptors (Lipinski definition) is 4. The minimum atomic E-state index is -0.226. The minimum Gasteiger partial charge on any atom is -0.342 e. The predicted octanol–water partition coefficient (Wildman–Crippen LogP) is 2.19. The number of nitrogens with one attached hydrogen (secondary N) is 3. The first-order valence-electron chi connectivity index (χ1n) is 9.80. The van der Waals surface area contributed by atoms with E-state index in [2.05, 4.69) is 28.6 Å². The van der Waals surface area contributed by atoms with Gasteiger partial charge in [0, 0.05) is 5.69 Å². The zero-order chi connectivity index (χ0) is 20.8.